The van der Waals surface area contributed by atoms with Gasteiger partial charge in [-0.25, -0.2) is 0 Å². The summed E-state index contributed by atoms with van der Waals surface area (Å²) < 4.78 is 0. The van der Waals surface area contributed by atoms with Gasteiger partial charge in [0, 0.05) is 16.5 Å². The zero-order chi connectivity index (χ0) is 16.2. The molecule has 22 heavy (non-hydrogen) atoms. The number of carbonyl (C=O) groups excluding carboxylic acids is 1. The van der Waals surface area contributed by atoms with E-state index < -0.39 is 5.41 Å². The predicted octanol–water partition coefficient (Wildman–Crippen LogP) is 4.38. The van der Waals surface area contributed by atoms with Crippen molar-refractivity contribution in [2.45, 2.75) is 27.7 Å². The fraction of sp³-hybridized carbons (Fsp3) is 0.250. The van der Waals surface area contributed by atoms with Crippen LogP contribution in [-0.2, 0) is 4.79 Å². The molecular formula is C20H21NO. The SMILES string of the molecule is Cc1ccc(C#Cc2ccccc2NC(=O)C(C)(C)C)cc1. The molecule has 0 radical (unpaired) electrons. The van der Waals surface area contributed by atoms with Gasteiger partial charge in [0.15, 0.2) is 0 Å². The molecule has 0 aliphatic rings. The lowest BCUT2D eigenvalue weighted by atomic mass is 9.95. The number of carbonyl (C=O) groups is 1. The maximum absolute atomic E-state index is 12.1. The van der Waals surface area contributed by atoms with Crippen LogP contribution in [0.5, 0.6) is 0 Å². The number of hydrogen-bond acceptors (Lipinski definition) is 1. The van der Waals surface area contributed by atoms with E-state index in [4.69, 9.17) is 0 Å². The van der Waals surface area contributed by atoms with Crippen molar-refractivity contribution in [3.05, 3.63) is 65.2 Å². The maximum Gasteiger partial charge on any atom is 0.229 e. The van der Waals surface area contributed by atoms with Gasteiger partial charge >= 0.3 is 0 Å². The van der Waals surface area contributed by atoms with Crippen LogP contribution in [0.4, 0.5) is 5.69 Å². The molecule has 0 aliphatic carbocycles. The Morgan fingerprint density at radius 1 is 0.955 bits per heavy atom. The van der Waals surface area contributed by atoms with E-state index in [-0.39, 0.29) is 5.91 Å². The lowest BCUT2D eigenvalue weighted by Gasteiger charge is -2.18. The quantitative estimate of drug-likeness (QED) is 0.776. The third kappa shape index (κ3) is 4.23. The lowest BCUT2D eigenvalue weighted by Crippen LogP contribution is -2.27. The molecule has 0 spiro atoms. The number of nitrogens with one attached hydrogen (secondary N) is 1. The van der Waals surface area contributed by atoms with E-state index in [9.17, 15) is 4.79 Å². The summed E-state index contributed by atoms with van der Waals surface area (Å²) in [6.45, 7) is 7.73. The topological polar surface area (TPSA) is 29.1 Å². The third-order valence-electron chi connectivity index (χ3n) is 3.25. The molecule has 2 nitrogen and oxygen atoms in total. The van der Waals surface area contributed by atoms with Crippen molar-refractivity contribution in [3.63, 3.8) is 0 Å². The highest BCUT2D eigenvalue weighted by Crippen LogP contribution is 2.20. The number of rotatable bonds is 1. The van der Waals surface area contributed by atoms with Crippen molar-refractivity contribution in [3.8, 4) is 11.8 Å². The van der Waals surface area contributed by atoms with Gasteiger partial charge in [0.05, 0.1) is 5.69 Å². The van der Waals surface area contributed by atoms with Crippen molar-refractivity contribution in [1.29, 1.82) is 0 Å². The van der Waals surface area contributed by atoms with Gasteiger partial charge in [0.2, 0.25) is 5.91 Å². The average Bonchev–Trinajstić information content (AvgIpc) is 2.47. The van der Waals surface area contributed by atoms with Crippen molar-refractivity contribution in [1.82, 2.24) is 0 Å². The fourth-order valence-corrected chi connectivity index (χ4v) is 1.79. The average molecular weight is 291 g/mol. The van der Waals surface area contributed by atoms with Crippen LogP contribution in [0.1, 0.15) is 37.5 Å². The minimum atomic E-state index is -0.433. The summed E-state index contributed by atoms with van der Waals surface area (Å²) in [5.74, 6) is 6.26. The Kier molecular flexibility index (Phi) is 4.68. The molecule has 0 heterocycles. The Balaban J connectivity index is 2.26. The molecule has 2 rings (SSSR count). The minimum Gasteiger partial charge on any atom is -0.325 e. The molecule has 0 saturated carbocycles. The van der Waals surface area contributed by atoms with Gasteiger partial charge in [-0.1, -0.05) is 62.4 Å². The molecule has 0 saturated heterocycles. The number of para-hydroxylation sites is 1. The summed E-state index contributed by atoms with van der Waals surface area (Å²) in [6.07, 6.45) is 0. The van der Waals surface area contributed by atoms with Crippen LogP contribution in [0, 0.1) is 24.2 Å². The Hall–Kier alpha value is -2.53. The molecule has 0 aromatic heterocycles. The molecule has 112 valence electrons. The van der Waals surface area contributed by atoms with E-state index in [1.165, 1.54) is 5.56 Å². The summed E-state index contributed by atoms with van der Waals surface area (Å²) in [7, 11) is 0. The zero-order valence-electron chi connectivity index (χ0n) is 13.5. The van der Waals surface area contributed by atoms with Crippen LogP contribution in [0.25, 0.3) is 0 Å². The summed E-state index contributed by atoms with van der Waals surface area (Å²) in [5.41, 5.74) is 3.31. The second-order valence-corrected chi connectivity index (χ2v) is 6.37. The molecule has 2 aromatic rings. The lowest BCUT2D eigenvalue weighted by molar-refractivity contribution is -0.123. The normalized spacial score (nSPS) is 10.5. The fourth-order valence-electron chi connectivity index (χ4n) is 1.79. The first kappa shape index (κ1) is 15.9. The summed E-state index contributed by atoms with van der Waals surface area (Å²) >= 11 is 0. The van der Waals surface area contributed by atoms with Crippen molar-refractivity contribution >= 4 is 11.6 Å². The molecular weight excluding hydrogens is 270 g/mol. The minimum absolute atomic E-state index is 0.0166. The Bertz CT molecular complexity index is 725. The highest BCUT2D eigenvalue weighted by Gasteiger charge is 2.21. The van der Waals surface area contributed by atoms with E-state index >= 15 is 0 Å². The summed E-state index contributed by atoms with van der Waals surface area (Å²) in [4.78, 5) is 12.1. The van der Waals surface area contributed by atoms with Crippen LogP contribution in [0.15, 0.2) is 48.5 Å². The van der Waals surface area contributed by atoms with E-state index in [1.807, 2.05) is 69.3 Å². The van der Waals surface area contributed by atoms with E-state index in [0.717, 1.165) is 16.8 Å². The van der Waals surface area contributed by atoms with Crippen molar-refractivity contribution in [2.24, 2.45) is 5.41 Å². The summed E-state index contributed by atoms with van der Waals surface area (Å²) in [5, 5.41) is 2.95. The van der Waals surface area contributed by atoms with Gasteiger partial charge in [0.1, 0.15) is 0 Å². The molecule has 1 amide bonds. The van der Waals surface area contributed by atoms with E-state index in [0.29, 0.717) is 0 Å². The van der Waals surface area contributed by atoms with Crippen molar-refractivity contribution < 1.29 is 4.79 Å². The van der Waals surface area contributed by atoms with Gasteiger partial charge in [-0.2, -0.15) is 0 Å². The Morgan fingerprint density at radius 3 is 2.23 bits per heavy atom. The smallest absolute Gasteiger partial charge is 0.229 e. The van der Waals surface area contributed by atoms with Gasteiger partial charge in [0.25, 0.3) is 0 Å². The summed E-state index contributed by atoms with van der Waals surface area (Å²) in [6, 6.07) is 15.7. The number of benzene rings is 2. The van der Waals surface area contributed by atoms with Crippen LogP contribution < -0.4 is 5.32 Å². The van der Waals surface area contributed by atoms with Crippen molar-refractivity contribution in [2.75, 3.05) is 5.32 Å². The second kappa shape index (κ2) is 6.49. The van der Waals surface area contributed by atoms with E-state index in [2.05, 4.69) is 24.1 Å². The molecule has 0 atom stereocenters. The Labute approximate surface area is 132 Å². The van der Waals surface area contributed by atoms with Gasteiger partial charge < -0.3 is 5.32 Å². The molecule has 0 fully saturated rings. The largest absolute Gasteiger partial charge is 0.325 e. The maximum atomic E-state index is 12.1. The first-order valence-corrected chi connectivity index (χ1v) is 7.35. The number of aryl methyl sites for hydroxylation is 1. The van der Waals surface area contributed by atoms with Gasteiger partial charge in [-0.05, 0) is 31.2 Å². The highest BCUT2D eigenvalue weighted by molar-refractivity contribution is 5.95. The van der Waals surface area contributed by atoms with Gasteiger partial charge in [-0.15, -0.1) is 0 Å². The number of amides is 1. The standard InChI is InChI=1S/C20H21NO/c1-15-9-11-16(12-10-15)13-14-17-7-5-6-8-18(17)21-19(22)20(2,3)4/h5-12H,1-4H3,(H,21,22). The zero-order valence-corrected chi connectivity index (χ0v) is 13.5. The number of anilines is 1. The van der Waals surface area contributed by atoms with Crippen LogP contribution in [-0.4, -0.2) is 5.91 Å². The molecule has 0 bridgehead atoms. The molecule has 2 aromatic carbocycles. The third-order valence-corrected chi connectivity index (χ3v) is 3.25. The second-order valence-electron chi connectivity index (χ2n) is 6.37. The molecule has 1 N–H and O–H groups in total. The van der Waals surface area contributed by atoms with Crippen LogP contribution in [0.2, 0.25) is 0 Å². The van der Waals surface area contributed by atoms with E-state index in [1.54, 1.807) is 0 Å². The first-order valence-electron chi connectivity index (χ1n) is 7.35. The Morgan fingerprint density at radius 2 is 1.59 bits per heavy atom. The van der Waals surface area contributed by atoms with Crippen LogP contribution in [0.3, 0.4) is 0 Å². The molecule has 0 unspecified atom stereocenters. The highest BCUT2D eigenvalue weighted by atomic mass is 16.2. The monoisotopic (exact) mass is 291 g/mol. The predicted molar refractivity (Wildman–Crippen MR) is 91.7 cm³/mol. The van der Waals surface area contributed by atoms with Gasteiger partial charge in [-0.3, -0.25) is 4.79 Å². The number of hydrogen-bond donors (Lipinski definition) is 1. The molecule has 0 aliphatic heterocycles. The van der Waals surface area contributed by atoms with Crippen LogP contribution >= 0.6 is 0 Å². The molecule has 2 heteroatoms. The first-order chi connectivity index (χ1) is 10.4.